The van der Waals surface area contributed by atoms with Gasteiger partial charge in [-0.15, -0.1) is 10.2 Å². The fourth-order valence-electron chi connectivity index (χ4n) is 1.36. The smallest absolute Gasteiger partial charge is 0.229 e. The molecule has 0 N–H and O–H groups in total. The third-order valence-corrected chi connectivity index (χ3v) is 2.92. The van der Waals surface area contributed by atoms with Gasteiger partial charge in [0.1, 0.15) is 3.70 Å². The van der Waals surface area contributed by atoms with Gasteiger partial charge >= 0.3 is 0 Å². The predicted octanol–water partition coefficient (Wildman–Crippen LogP) is 1.12. The standard InChI is InChI=1S/C8H8IN3OS/c9-6-1-2-7(11-10-6)12-4-5(14)3-8(12)13/h1-2,5,14H,3-4H2. The van der Waals surface area contributed by atoms with Crippen LogP contribution in [0.5, 0.6) is 0 Å². The maximum atomic E-state index is 11.5. The summed E-state index contributed by atoms with van der Waals surface area (Å²) in [5, 5.41) is 7.97. The number of hydrogen-bond acceptors (Lipinski definition) is 4. The van der Waals surface area contributed by atoms with Gasteiger partial charge in [0.25, 0.3) is 0 Å². The maximum absolute atomic E-state index is 11.5. The van der Waals surface area contributed by atoms with E-state index in [1.807, 2.05) is 6.07 Å². The van der Waals surface area contributed by atoms with E-state index in [2.05, 4.69) is 45.4 Å². The average molecular weight is 321 g/mol. The summed E-state index contributed by atoms with van der Waals surface area (Å²) in [5.74, 6) is 0.687. The summed E-state index contributed by atoms with van der Waals surface area (Å²) in [6.07, 6.45) is 0.483. The molecule has 0 radical (unpaired) electrons. The van der Waals surface area contributed by atoms with Gasteiger partial charge in [-0.3, -0.25) is 9.69 Å². The quantitative estimate of drug-likeness (QED) is 0.623. The topological polar surface area (TPSA) is 46.1 Å². The molecule has 1 aliphatic heterocycles. The number of amides is 1. The van der Waals surface area contributed by atoms with Crippen molar-refractivity contribution in [2.24, 2.45) is 0 Å². The SMILES string of the molecule is O=C1CC(S)CN1c1ccc(I)nn1. The van der Waals surface area contributed by atoms with Gasteiger partial charge < -0.3 is 0 Å². The Kier molecular flexibility index (Phi) is 2.91. The molecule has 4 nitrogen and oxygen atoms in total. The molecule has 2 rings (SSSR count). The molecule has 6 heteroatoms. The lowest BCUT2D eigenvalue weighted by molar-refractivity contribution is -0.117. The first-order chi connectivity index (χ1) is 6.66. The van der Waals surface area contributed by atoms with Crippen molar-refractivity contribution < 1.29 is 4.79 Å². The van der Waals surface area contributed by atoms with Gasteiger partial charge in [-0.1, -0.05) is 0 Å². The van der Waals surface area contributed by atoms with Gasteiger partial charge in [-0.05, 0) is 34.7 Å². The molecule has 1 amide bonds. The van der Waals surface area contributed by atoms with Crippen molar-refractivity contribution in [1.29, 1.82) is 0 Å². The molecule has 74 valence electrons. The summed E-state index contributed by atoms with van der Waals surface area (Å²) in [4.78, 5) is 13.1. The number of halogens is 1. The molecular formula is C8H8IN3OS. The molecule has 2 heterocycles. The molecule has 0 spiro atoms. The Morgan fingerprint density at radius 1 is 1.50 bits per heavy atom. The minimum absolute atomic E-state index is 0.0699. The number of carbonyl (C=O) groups excluding carboxylic acids is 1. The van der Waals surface area contributed by atoms with E-state index in [4.69, 9.17) is 0 Å². The molecule has 1 unspecified atom stereocenters. The highest BCUT2D eigenvalue weighted by Crippen LogP contribution is 2.21. The van der Waals surface area contributed by atoms with Gasteiger partial charge in [0.05, 0.1) is 0 Å². The minimum atomic E-state index is 0.0699. The minimum Gasteiger partial charge on any atom is -0.294 e. The summed E-state index contributed by atoms with van der Waals surface area (Å²) in [6.45, 7) is 0.622. The Balaban J connectivity index is 2.23. The number of anilines is 1. The summed E-state index contributed by atoms with van der Waals surface area (Å²) in [7, 11) is 0. The van der Waals surface area contributed by atoms with Crippen LogP contribution < -0.4 is 4.90 Å². The summed E-state index contributed by atoms with van der Waals surface area (Å²) in [6, 6.07) is 3.64. The first-order valence-corrected chi connectivity index (χ1v) is 5.74. The van der Waals surface area contributed by atoms with Crippen molar-refractivity contribution in [3.8, 4) is 0 Å². The average Bonchev–Trinajstić information content (AvgIpc) is 2.47. The van der Waals surface area contributed by atoms with Crippen molar-refractivity contribution >= 4 is 46.9 Å². The van der Waals surface area contributed by atoms with Crippen LogP contribution in [0.1, 0.15) is 6.42 Å². The van der Waals surface area contributed by atoms with Gasteiger partial charge in [-0.25, -0.2) is 0 Å². The Labute approximate surface area is 101 Å². The van der Waals surface area contributed by atoms with Crippen LogP contribution in [0, 0.1) is 3.70 Å². The Hall–Kier alpha value is -0.370. The highest BCUT2D eigenvalue weighted by Gasteiger charge is 2.29. The molecule has 0 bridgehead atoms. The second-order valence-electron chi connectivity index (χ2n) is 3.08. The Morgan fingerprint density at radius 3 is 2.79 bits per heavy atom. The Bertz CT molecular complexity index is 356. The molecule has 14 heavy (non-hydrogen) atoms. The van der Waals surface area contributed by atoms with Gasteiger partial charge in [0.2, 0.25) is 5.91 Å². The number of nitrogens with zero attached hydrogens (tertiary/aromatic N) is 3. The molecule has 1 saturated heterocycles. The normalized spacial score (nSPS) is 21.7. The third-order valence-electron chi connectivity index (χ3n) is 2.00. The molecule has 1 aromatic rings. The zero-order valence-electron chi connectivity index (χ0n) is 7.22. The van der Waals surface area contributed by atoms with Crippen LogP contribution in [0.2, 0.25) is 0 Å². The number of aromatic nitrogens is 2. The molecule has 0 saturated carbocycles. The lowest BCUT2D eigenvalue weighted by Gasteiger charge is -2.13. The summed E-state index contributed by atoms with van der Waals surface area (Å²) >= 11 is 6.35. The van der Waals surface area contributed by atoms with Gasteiger partial charge in [0, 0.05) is 18.2 Å². The number of rotatable bonds is 1. The lowest BCUT2D eigenvalue weighted by Crippen LogP contribution is -2.25. The van der Waals surface area contributed by atoms with E-state index in [-0.39, 0.29) is 11.2 Å². The zero-order valence-corrected chi connectivity index (χ0v) is 10.3. The molecule has 1 fully saturated rings. The monoisotopic (exact) mass is 321 g/mol. The van der Waals surface area contributed by atoms with Crippen LogP contribution >= 0.6 is 35.2 Å². The number of hydrogen-bond donors (Lipinski definition) is 1. The summed E-state index contributed by atoms with van der Waals surface area (Å²) < 4.78 is 0.820. The molecule has 0 aromatic carbocycles. The van der Waals surface area contributed by atoms with Crippen LogP contribution in [0.3, 0.4) is 0 Å². The number of carbonyl (C=O) groups is 1. The van der Waals surface area contributed by atoms with Crippen molar-refractivity contribution in [2.45, 2.75) is 11.7 Å². The van der Waals surface area contributed by atoms with E-state index in [9.17, 15) is 4.79 Å². The van der Waals surface area contributed by atoms with Crippen LogP contribution in [0.25, 0.3) is 0 Å². The zero-order chi connectivity index (χ0) is 10.1. The van der Waals surface area contributed by atoms with Crippen molar-refractivity contribution in [2.75, 3.05) is 11.4 Å². The highest BCUT2D eigenvalue weighted by molar-refractivity contribution is 14.1. The van der Waals surface area contributed by atoms with Gasteiger partial charge in [0.15, 0.2) is 5.82 Å². The van der Waals surface area contributed by atoms with E-state index >= 15 is 0 Å². The highest BCUT2D eigenvalue weighted by atomic mass is 127. The summed E-state index contributed by atoms with van der Waals surface area (Å²) in [5.41, 5.74) is 0. The lowest BCUT2D eigenvalue weighted by atomic mass is 10.4. The van der Waals surface area contributed by atoms with Crippen LogP contribution in [0.15, 0.2) is 12.1 Å². The molecule has 1 aromatic heterocycles. The molecular weight excluding hydrogens is 313 g/mol. The van der Waals surface area contributed by atoms with E-state index < -0.39 is 0 Å². The van der Waals surface area contributed by atoms with E-state index in [0.717, 1.165) is 3.70 Å². The van der Waals surface area contributed by atoms with Crippen LogP contribution in [-0.4, -0.2) is 27.9 Å². The van der Waals surface area contributed by atoms with Crippen molar-refractivity contribution in [3.05, 3.63) is 15.8 Å². The van der Waals surface area contributed by atoms with Gasteiger partial charge in [-0.2, -0.15) is 12.6 Å². The predicted molar refractivity (Wildman–Crippen MR) is 64.5 cm³/mol. The fourth-order valence-corrected chi connectivity index (χ4v) is 1.97. The van der Waals surface area contributed by atoms with Crippen LogP contribution in [-0.2, 0) is 4.79 Å². The van der Waals surface area contributed by atoms with E-state index in [0.29, 0.717) is 18.8 Å². The maximum Gasteiger partial charge on any atom is 0.229 e. The van der Waals surface area contributed by atoms with Crippen molar-refractivity contribution in [1.82, 2.24) is 10.2 Å². The fraction of sp³-hybridized carbons (Fsp3) is 0.375. The van der Waals surface area contributed by atoms with E-state index in [1.54, 1.807) is 11.0 Å². The third kappa shape index (κ3) is 2.00. The first kappa shape index (κ1) is 10.2. The second-order valence-corrected chi connectivity index (χ2v) is 4.91. The number of thiol groups is 1. The first-order valence-electron chi connectivity index (χ1n) is 4.14. The molecule has 1 atom stereocenters. The van der Waals surface area contributed by atoms with Crippen LogP contribution in [0.4, 0.5) is 5.82 Å². The second kappa shape index (κ2) is 4.01. The van der Waals surface area contributed by atoms with Crippen molar-refractivity contribution in [3.63, 3.8) is 0 Å². The van der Waals surface area contributed by atoms with E-state index in [1.165, 1.54) is 0 Å². The molecule has 1 aliphatic rings. The Morgan fingerprint density at radius 2 is 2.29 bits per heavy atom. The largest absolute Gasteiger partial charge is 0.294 e. The molecule has 0 aliphatic carbocycles.